The predicted molar refractivity (Wildman–Crippen MR) is 120 cm³/mol. The Labute approximate surface area is 180 Å². The maximum Gasteiger partial charge on any atom is 0.251 e. The van der Waals surface area contributed by atoms with Crippen molar-refractivity contribution < 1.29 is 14.3 Å². The molecule has 2 N–H and O–H groups in total. The SMILES string of the molecule is COc1ccc(-c2cnc(-c3cccc(CNC(=O)c4cccc(OC)c4)c3)[nH]2)cc1. The maximum absolute atomic E-state index is 12.5. The number of carbonyl (C=O) groups excluding carboxylic acids is 1. The van der Waals surface area contributed by atoms with Gasteiger partial charge in [-0.2, -0.15) is 0 Å². The van der Waals surface area contributed by atoms with E-state index in [1.54, 1.807) is 32.4 Å². The summed E-state index contributed by atoms with van der Waals surface area (Å²) in [7, 11) is 3.23. The molecule has 0 spiro atoms. The van der Waals surface area contributed by atoms with E-state index >= 15 is 0 Å². The maximum atomic E-state index is 12.5. The van der Waals surface area contributed by atoms with E-state index in [1.165, 1.54) is 0 Å². The third-order valence-corrected chi connectivity index (χ3v) is 4.96. The van der Waals surface area contributed by atoms with E-state index in [4.69, 9.17) is 9.47 Å². The summed E-state index contributed by atoms with van der Waals surface area (Å²) in [5.74, 6) is 2.09. The summed E-state index contributed by atoms with van der Waals surface area (Å²) in [6.07, 6.45) is 1.81. The zero-order chi connectivity index (χ0) is 21.6. The first kappa shape index (κ1) is 20.2. The number of carbonyl (C=O) groups is 1. The summed E-state index contributed by atoms with van der Waals surface area (Å²) in [6.45, 7) is 0.413. The lowest BCUT2D eigenvalue weighted by Gasteiger charge is -2.08. The zero-order valence-electron chi connectivity index (χ0n) is 17.4. The number of methoxy groups -OCH3 is 2. The Hall–Kier alpha value is -4.06. The van der Waals surface area contributed by atoms with Crippen molar-refractivity contribution in [3.8, 4) is 34.1 Å². The zero-order valence-corrected chi connectivity index (χ0v) is 17.4. The van der Waals surface area contributed by atoms with Crippen molar-refractivity contribution >= 4 is 5.91 Å². The molecular weight excluding hydrogens is 390 g/mol. The molecule has 156 valence electrons. The van der Waals surface area contributed by atoms with Crippen LogP contribution in [-0.2, 0) is 6.54 Å². The van der Waals surface area contributed by atoms with Gasteiger partial charge in [0, 0.05) is 17.7 Å². The van der Waals surface area contributed by atoms with E-state index in [0.29, 0.717) is 17.9 Å². The van der Waals surface area contributed by atoms with Crippen molar-refractivity contribution in [3.05, 3.63) is 90.1 Å². The van der Waals surface area contributed by atoms with Crippen LogP contribution in [0.2, 0.25) is 0 Å². The Balaban J connectivity index is 1.46. The van der Waals surface area contributed by atoms with E-state index < -0.39 is 0 Å². The van der Waals surface area contributed by atoms with Gasteiger partial charge >= 0.3 is 0 Å². The standard InChI is InChI=1S/C25H23N3O3/c1-30-21-11-9-18(10-12-21)23-16-26-24(28-23)19-6-3-5-17(13-19)15-27-25(29)20-7-4-8-22(14-20)31-2/h3-14,16H,15H2,1-2H3,(H,26,28)(H,27,29). The van der Waals surface area contributed by atoms with Gasteiger partial charge < -0.3 is 19.8 Å². The molecule has 0 fully saturated rings. The van der Waals surface area contributed by atoms with Gasteiger partial charge in [-0.25, -0.2) is 4.98 Å². The number of H-pyrrole nitrogens is 1. The average Bonchev–Trinajstić information content (AvgIpc) is 3.33. The van der Waals surface area contributed by atoms with E-state index in [9.17, 15) is 4.79 Å². The summed E-state index contributed by atoms with van der Waals surface area (Å²) >= 11 is 0. The fraction of sp³-hybridized carbons (Fsp3) is 0.120. The molecule has 6 heteroatoms. The first-order valence-corrected chi connectivity index (χ1v) is 9.87. The van der Waals surface area contributed by atoms with Crippen molar-refractivity contribution in [2.75, 3.05) is 14.2 Å². The molecule has 0 saturated heterocycles. The molecular formula is C25H23N3O3. The third-order valence-electron chi connectivity index (χ3n) is 4.96. The molecule has 0 radical (unpaired) electrons. The number of hydrogen-bond acceptors (Lipinski definition) is 4. The summed E-state index contributed by atoms with van der Waals surface area (Å²) in [4.78, 5) is 20.3. The van der Waals surface area contributed by atoms with Gasteiger partial charge in [0.1, 0.15) is 17.3 Å². The lowest BCUT2D eigenvalue weighted by atomic mass is 10.1. The number of aromatic nitrogens is 2. The highest BCUT2D eigenvalue weighted by Gasteiger charge is 2.09. The minimum atomic E-state index is -0.149. The third kappa shape index (κ3) is 4.75. The molecule has 4 rings (SSSR count). The fourth-order valence-corrected chi connectivity index (χ4v) is 3.26. The number of hydrogen-bond donors (Lipinski definition) is 2. The van der Waals surface area contributed by atoms with Crippen LogP contribution in [0.15, 0.2) is 79.0 Å². The van der Waals surface area contributed by atoms with Crippen LogP contribution in [-0.4, -0.2) is 30.1 Å². The Morgan fingerprint density at radius 3 is 2.45 bits per heavy atom. The first-order chi connectivity index (χ1) is 15.2. The van der Waals surface area contributed by atoms with Crippen LogP contribution < -0.4 is 14.8 Å². The molecule has 31 heavy (non-hydrogen) atoms. The molecule has 3 aromatic carbocycles. The number of benzene rings is 3. The Morgan fingerprint density at radius 1 is 0.903 bits per heavy atom. The van der Waals surface area contributed by atoms with E-state index in [1.807, 2.05) is 60.8 Å². The minimum Gasteiger partial charge on any atom is -0.497 e. The summed E-state index contributed by atoms with van der Waals surface area (Å²) < 4.78 is 10.4. The molecule has 0 bridgehead atoms. The van der Waals surface area contributed by atoms with Crippen LogP contribution in [0.1, 0.15) is 15.9 Å². The van der Waals surface area contributed by atoms with Gasteiger partial charge in [-0.15, -0.1) is 0 Å². The minimum absolute atomic E-state index is 0.149. The van der Waals surface area contributed by atoms with Crippen LogP contribution in [0.25, 0.3) is 22.6 Å². The molecule has 0 aliphatic rings. The number of nitrogens with zero attached hydrogens (tertiary/aromatic N) is 1. The molecule has 0 aliphatic carbocycles. The van der Waals surface area contributed by atoms with Crippen LogP contribution in [0.3, 0.4) is 0 Å². The molecule has 1 heterocycles. The average molecular weight is 413 g/mol. The molecule has 1 amide bonds. The van der Waals surface area contributed by atoms with Crippen LogP contribution in [0, 0.1) is 0 Å². The second kappa shape index (κ2) is 9.17. The van der Waals surface area contributed by atoms with Crippen molar-refractivity contribution in [2.45, 2.75) is 6.54 Å². The molecule has 0 saturated carbocycles. The number of ether oxygens (including phenoxy) is 2. The highest BCUT2D eigenvalue weighted by atomic mass is 16.5. The van der Waals surface area contributed by atoms with Gasteiger partial charge in [0.05, 0.1) is 26.1 Å². The number of aromatic amines is 1. The monoisotopic (exact) mass is 413 g/mol. The van der Waals surface area contributed by atoms with Crippen LogP contribution >= 0.6 is 0 Å². The van der Waals surface area contributed by atoms with Crippen molar-refractivity contribution in [3.63, 3.8) is 0 Å². The lowest BCUT2D eigenvalue weighted by Crippen LogP contribution is -2.22. The van der Waals surface area contributed by atoms with Crippen molar-refractivity contribution in [1.29, 1.82) is 0 Å². The molecule has 0 unspecified atom stereocenters. The van der Waals surface area contributed by atoms with Gasteiger partial charge in [0.25, 0.3) is 5.91 Å². The second-order valence-electron chi connectivity index (χ2n) is 6.99. The van der Waals surface area contributed by atoms with E-state index in [2.05, 4.69) is 15.3 Å². The van der Waals surface area contributed by atoms with Gasteiger partial charge in [0.15, 0.2) is 0 Å². The highest BCUT2D eigenvalue weighted by Crippen LogP contribution is 2.24. The van der Waals surface area contributed by atoms with Gasteiger partial charge in [0.2, 0.25) is 0 Å². The quantitative estimate of drug-likeness (QED) is 0.461. The van der Waals surface area contributed by atoms with Crippen LogP contribution in [0.4, 0.5) is 0 Å². The number of amides is 1. The van der Waals surface area contributed by atoms with Gasteiger partial charge in [-0.3, -0.25) is 4.79 Å². The van der Waals surface area contributed by atoms with Crippen molar-refractivity contribution in [2.24, 2.45) is 0 Å². The Bertz CT molecular complexity index is 1180. The Kier molecular flexibility index (Phi) is 5.98. The predicted octanol–water partition coefficient (Wildman–Crippen LogP) is 4.69. The lowest BCUT2D eigenvalue weighted by molar-refractivity contribution is 0.0950. The summed E-state index contributed by atoms with van der Waals surface area (Å²) in [5.41, 5.74) is 4.45. The second-order valence-corrected chi connectivity index (χ2v) is 6.99. The normalized spacial score (nSPS) is 10.5. The molecule has 6 nitrogen and oxygen atoms in total. The van der Waals surface area contributed by atoms with E-state index in [0.717, 1.165) is 34.0 Å². The number of imidazole rings is 1. The highest BCUT2D eigenvalue weighted by molar-refractivity contribution is 5.94. The smallest absolute Gasteiger partial charge is 0.251 e. The van der Waals surface area contributed by atoms with Gasteiger partial charge in [-0.1, -0.05) is 24.3 Å². The molecule has 1 aromatic heterocycles. The fourth-order valence-electron chi connectivity index (χ4n) is 3.26. The largest absolute Gasteiger partial charge is 0.497 e. The number of rotatable bonds is 7. The first-order valence-electron chi connectivity index (χ1n) is 9.87. The number of nitrogens with one attached hydrogen (secondary N) is 2. The molecule has 0 atom stereocenters. The molecule has 0 aliphatic heterocycles. The summed E-state index contributed by atoms with van der Waals surface area (Å²) in [6, 6.07) is 22.8. The van der Waals surface area contributed by atoms with E-state index in [-0.39, 0.29) is 5.91 Å². The molecule has 4 aromatic rings. The van der Waals surface area contributed by atoms with Crippen LogP contribution in [0.5, 0.6) is 11.5 Å². The summed E-state index contributed by atoms with van der Waals surface area (Å²) in [5, 5.41) is 2.95. The van der Waals surface area contributed by atoms with Gasteiger partial charge in [-0.05, 0) is 59.7 Å². The topological polar surface area (TPSA) is 76.2 Å². The Morgan fingerprint density at radius 2 is 1.68 bits per heavy atom. The van der Waals surface area contributed by atoms with Crippen molar-refractivity contribution in [1.82, 2.24) is 15.3 Å².